The summed E-state index contributed by atoms with van der Waals surface area (Å²) < 4.78 is 4.70. The third kappa shape index (κ3) is 9.74. The van der Waals surface area contributed by atoms with Gasteiger partial charge in [-0.2, -0.15) is 0 Å². The van der Waals surface area contributed by atoms with Gasteiger partial charge in [0, 0.05) is 18.8 Å². The van der Waals surface area contributed by atoms with Crippen LogP contribution in [-0.2, 0) is 19.1 Å². The Balaban J connectivity index is 2.34. The Morgan fingerprint density at radius 2 is 1.93 bits per heavy atom. The van der Waals surface area contributed by atoms with E-state index in [4.69, 9.17) is 16.3 Å². The van der Waals surface area contributed by atoms with Crippen molar-refractivity contribution in [3.05, 3.63) is 12.2 Å². The average Bonchev–Trinajstić information content (AvgIpc) is 3.08. The second kappa shape index (κ2) is 14.7. The van der Waals surface area contributed by atoms with Crippen molar-refractivity contribution in [3.63, 3.8) is 0 Å². The summed E-state index contributed by atoms with van der Waals surface area (Å²) in [6.45, 7) is 4.00. The molecular weight excluding hydrogens is 404 g/mol. The number of rotatable bonds is 16. The largest absolute Gasteiger partial charge is 0.460 e. The van der Waals surface area contributed by atoms with Gasteiger partial charge in [0.05, 0.1) is 18.1 Å². The Bertz CT molecular complexity index is 574. The molecule has 0 radical (unpaired) electrons. The highest BCUT2D eigenvalue weighted by molar-refractivity contribution is 6.33. The molecule has 1 aliphatic rings. The summed E-state index contributed by atoms with van der Waals surface area (Å²) in [7, 11) is 0. The summed E-state index contributed by atoms with van der Waals surface area (Å²) >= 11 is 5.97. The molecule has 0 aliphatic heterocycles. The van der Waals surface area contributed by atoms with E-state index in [0.29, 0.717) is 31.5 Å². The van der Waals surface area contributed by atoms with E-state index in [-0.39, 0.29) is 30.7 Å². The first-order chi connectivity index (χ1) is 14.4. The zero-order valence-corrected chi connectivity index (χ0v) is 19.4. The number of hydrogen-bond acceptors (Lipinski definition) is 5. The normalized spacial score (nSPS) is 21.1. The van der Waals surface area contributed by atoms with Crippen LogP contribution in [0.15, 0.2) is 12.2 Å². The summed E-state index contributed by atoms with van der Waals surface area (Å²) in [4.78, 5) is 35.1. The van der Waals surface area contributed by atoms with Gasteiger partial charge in [-0.3, -0.25) is 9.59 Å². The summed E-state index contributed by atoms with van der Waals surface area (Å²) in [6, 6.07) is 0. The first-order valence-corrected chi connectivity index (χ1v) is 12.1. The Labute approximate surface area is 186 Å². The van der Waals surface area contributed by atoms with Crippen LogP contribution in [0.5, 0.6) is 0 Å². The standard InChI is InChI=1S/C24H39ClO5/c1-3-5-16-24(29,18-25)17-10-11-19-14-15-21(26)20(19)12-8-6-7-9-13-22(27)23(28)30-4-2/h10-11,19-20,29H,3-9,12-18H2,1-2H3/t19-,20+,24?/m0/s1. The molecule has 172 valence electrons. The molecular formula is C24H39ClO5. The van der Waals surface area contributed by atoms with Crippen molar-refractivity contribution in [2.75, 3.05) is 12.5 Å². The highest BCUT2D eigenvalue weighted by Gasteiger charge is 2.32. The van der Waals surface area contributed by atoms with Gasteiger partial charge in [0.2, 0.25) is 5.78 Å². The van der Waals surface area contributed by atoms with Crippen LogP contribution in [0.1, 0.15) is 90.9 Å². The maximum Gasteiger partial charge on any atom is 0.374 e. The molecule has 1 rings (SSSR count). The molecule has 5 nitrogen and oxygen atoms in total. The van der Waals surface area contributed by atoms with Gasteiger partial charge < -0.3 is 9.84 Å². The number of carbonyl (C=O) groups excluding carboxylic acids is 3. The topological polar surface area (TPSA) is 80.7 Å². The number of allylic oxidation sites excluding steroid dienone is 1. The van der Waals surface area contributed by atoms with Crippen molar-refractivity contribution >= 4 is 29.1 Å². The van der Waals surface area contributed by atoms with Crippen molar-refractivity contribution in [2.24, 2.45) is 11.8 Å². The van der Waals surface area contributed by atoms with Gasteiger partial charge in [-0.15, -0.1) is 11.6 Å². The highest BCUT2D eigenvalue weighted by atomic mass is 35.5. The molecule has 30 heavy (non-hydrogen) atoms. The number of ether oxygens (including phenoxy) is 1. The fourth-order valence-electron chi connectivity index (χ4n) is 4.05. The van der Waals surface area contributed by atoms with Crippen LogP contribution in [0.25, 0.3) is 0 Å². The molecule has 0 aromatic rings. The number of esters is 1. The Kier molecular flexibility index (Phi) is 13.2. The molecule has 0 heterocycles. The minimum atomic E-state index is -0.854. The summed E-state index contributed by atoms with van der Waals surface area (Å²) in [5.74, 6) is -0.330. The Morgan fingerprint density at radius 3 is 2.60 bits per heavy atom. The van der Waals surface area contributed by atoms with Crippen molar-refractivity contribution in [3.8, 4) is 0 Å². The van der Waals surface area contributed by atoms with Crippen LogP contribution in [0.4, 0.5) is 0 Å². The second-order valence-electron chi connectivity index (χ2n) is 8.47. The molecule has 1 unspecified atom stereocenters. The second-order valence-corrected chi connectivity index (χ2v) is 8.73. The van der Waals surface area contributed by atoms with Crippen LogP contribution in [0.3, 0.4) is 0 Å². The Morgan fingerprint density at radius 1 is 1.20 bits per heavy atom. The lowest BCUT2D eigenvalue weighted by Crippen LogP contribution is -2.30. The predicted molar refractivity (Wildman–Crippen MR) is 120 cm³/mol. The molecule has 0 aromatic heterocycles. The summed E-state index contributed by atoms with van der Waals surface area (Å²) in [5, 5.41) is 10.6. The zero-order valence-electron chi connectivity index (χ0n) is 18.7. The minimum Gasteiger partial charge on any atom is -0.460 e. The van der Waals surface area contributed by atoms with E-state index in [0.717, 1.165) is 44.9 Å². The summed E-state index contributed by atoms with van der Waals surface area (Å²) in [6.07, 6.45) is 13.3. The van der Waals surface area contributed by atoms with Crippen LogP contribution in [-0.4, -0.2) is 40.7 Å². The third-order valence-electron chi connectivity index (χ3n) is 5.95. The number of aliphatic hydroxyl groups is 1. The lowest BCUT2D eigenvalue weighted by molar-refractivity contribution is -0.153. The third-order valence-corrected chi connectivity index (χ3v) is 6.45. The van der Waals surface area contributed by atoms with Crippen molar-refractivity contribution in [2.45, 2.75) is 96.5 Å². The van der Waals surface area contributed by atoms with E-state index >= 15 is 0 Å². The smallest absolute Gasteiger partial charge is 0.374 e. The molecule has 0 bridgehead atoms. The fourth-order valence-corrected chi connectivity index (χ4v) is 4.29. The maximum absolute atomic E-state index is 12.3. The zero-order chi connectivity index (χ0) is 22.4. The molecule has 3 atom stereocenters. The molecule has 0 amide bonds. The summed E-state index contributed by atoms with van der Waals surface area (Å²) in [5.41, 5.74) is -0.854. The number of ketones is 2. The predicted octanol–water partition coefficient (Wildman–Crippen LogP) is 5.16. The quantitative estimate of drug-likeness (QED) is 0.117. The average molecular weight is 443 g/mol. The van der Waals surface area contributed by atoms with Crippen LogP contribution >= 0.6 is 11.6 Å². The molecule has 1 saturated carbocycles. The van der Waals surface area contributed by atoms with E-state index < -0.39 is 17.4 Å². The molecule has 0 aromatic carbocycles. The van der Waals surface area contributed by atoms with Crippen LogP contribution in [0.2, 0.25) is 0 Å². The fraction of sp³-hybridized carbons (Fsp3) is 0.792. The van der Waals surface area contributed by atoms with E-state index in [1.807, 2.05) is 6.08 Å². The minimum absolute atomic E-state index is 0.0575. The number of Topliss-reactive ketones (excluding diaryl/α,β-unsaturated/α-hetero) is 2. The number of hydrogen-bond donors (Lipinski definition) is 1. The highest BCUT2D eigenvalue weighted by Crippen LogP contribution is 2.34. The van der Waals surface area contributed by atoms with Gasteiger partial charge in [-0.25, -0.2) is 4.79 Å². The van der Waals surface area contributed by atoms with Gasteiger partial charge in [0.1, 0.15) is 5.78 Å². The number of halogens is 1. The van der Waals surface area contributed by atoms with Gasteiger partial charge in [0.25, 0.3) is 0 Å². The van der Waals surface area contributed by atoms with Crippen LogP contribution in [0, 0.1) is 11.8 Å². The van der Waals surface area contributed by atoms with Gasteiger partial charge in [0.15, 0.2) is 0 Å². The van der Waals surface area contributed by atoms with Crippen molar-refractivity contribution < 1.29 is 24.2 Å². The van der Waals surface area contributed by atoms with Crippen LogP contribution < -0.4 is 0 Å². The SMILES string of the molecule is CCCCC(O)(CCl)CC=C[C@H]1CCC(=O)[C@@H]1CCCCCCC(=O)C(=O)OCC. The molecule has 0 spiro atoms. The lowest BCUT2D eigenvalue weighted by Gasteiger charge is -2.24. The van der Waals surface area contributed by atoms with Gasteiger partial charge >= 0.3 is 5.97 Å². The van der Waals surface area contributed by atoms with Gasteiger partial charge in [-0.1, -0.05) is 51.2 Å². The number of carbonyl (C=O) groups is 3. The van der Waals surface area contributed by atoms with Gasteiger partial charge in [-0.05, 0) is 44.9 Å². The van der Waals surface area contributed by atoms with Crippen molar-refractivity contribution in [1.82, 2.24) is 0 Å². The first-order valence-electron chi connectivity index (χ1n) is 11.5. The first kappa shape index (κ1) is 26.8. The van der Waals surface area contributed by atoms with Crippen molar-refractivity contribution in [1.29, 1.82) is 0 Å². The molecule has 0 saturated heterocycles. The molecule has 6 heteroatoms. The number of unbranched alkanes of at least 4 members (excludes halogenated alkanes) is 4. The van der Waals surface area contributed by atoms with E-state index in [1.165, 1.54) is 0 Å². The number of alkyl halides is 1. The molecule has 1 N–H and O–H groups in total. The lowest BCUT2D eigenvalue weighted by atomic mass is 9.88. The monoisotopic (exact) mass is 442 g/mol. The molecule has 1 fully saturated rings. The van der Waals surface area contributed by atoms with E-state index in [2.05, 4.69) is 13.0 Å². The Hall–Kier alpha value is -1.20. The van der Waals surface area contributed by atoms with E-state index in [1.54, 1.807) is 6.92 Å². The molecule has 1 aliphatic carbocycles. The maximum atomic E-state index is 12.3. The van der Waals surface area contributed by atoms with E-state index in [9.17, 15) is 19.5 Å².